The molecule has 3 heterocycles. The van der Waals surface area contributed by atoms with Crippen molar-refractivity contribution in [2.45, 2.75) is 57.7 Å². The smallest absolute Gasteiger partial charge is 0.274 e. The van der Waals surface area contributed by atoms with Gasteiger partial charge < -0.3 is 10.2 Å². The maximum absolute atomic E-state index is 12.6. The average Bonchev–Trinajstić information content (AvgIpc) is 3.07. The van der Waals surface area contributed by atoms with E-state index in [0.29, 0.717) is 23.8 Å². The maximum Gasteiger partial charge on any atom is 0.274 e. The Balaban J connectivity index is 0.00000161. The van der Waals surface area contributed by atoms with E-state index in [4.69, 9.17) is 0 Å². The Morgan fingerprint density at radius 3 is 2.62 bits per heavy atom. The van der Waals surface area contributed by atoms with E-state index in [1.54, 1.807) is 0 Å². The average molecular weight is 313 g/mol. The van der Waals surface area contributed by atoms with Crippen molar-refractivity contribution >= 4 is 18.3 Å². The molecule has 118 valence electrons. The Labute approximate surface area is 132 Å². The van der Waals surface area contributed by atoms with Gasteiger partial charge in [-0.25, -0.2) is 0 Å². The number of carbonyl (C=O) groups excluding carboxylic acids is 1. The number of piperidine rings is 1. The van der Waals surface area contributed by atoms with E-state index < -0.39 is 0 Å². The third-order valence-electron chi connectivity index (χ3n) is 4.66. The van der Waals surface area contributed by atoms with Crippen molar-refractivity contribution in [2.24, 2.45) is 0 Å². The number of rotatable bonds is 2. The first-order valence-electron chi connectivity index (χ1n) is 7.75. The fourth-order valence-corrected chi connectivity index (χ4v) is 3.44. The number of halogens is 1. The van der Waals surface area contributed by atoms with Crippen LogP contribution in [0.2, 0.25) is 0 Å². The third-order valence-corrected chi connectivity index (χ3v) is 4.66. The summed E-state index contributed by atoms with van der Waals surface area (Å²) in [6.07, 6.45) is 6.46. The van der Waals surface area contributed by atoms with Gasteiger partial charge in [0.05, 0.1) is 6.04 Å². The molecule has 1 N–H and O–H groups in total. The summed E-state index contributed by atoms with van der Waals surface area (Å²) in [4.78, 5) is 14.6. The van der Waals surface area contributed by atoms with Gasteiger partial charge in [-0.1, -0.05) is 0 Å². The van der Waals surface area contributed by atoms with E-state index in [9.17, 15) is 4.79 Å². The number of aromatic nitrogens is 2. The zero-order valence-electron chi connectivity index (χ0n) is 12.8. The van der Waals surface area contributed by atoms with Gasteiger partial charge in [-0.3, -0.25) is 9.48 Å². The van der Waals surface area contributed by atoms with E-state index >= 15 is 0 Å². The van der Waals surface area contributed by atoms with Crippen LogP contribution in [0.4, 0.5) is 0 Å². The zero-order chi connectivity index (χ0) is 14.1. The Bertz CT molecular complexity index is 474. The molecule has 0 spiro atoms. The minimum absolute atomic E-state index is 0. The number of hydrogen-bond acceptors (Lipinski definition) is 3. The molecular weight excluding hydrogens is 288 g/mol. The summed E-state index contributed by atoms with van der Waals surface area (Å²) in [5, 5.41) is 7.92. The first-order chi connectivity index (χ1) is 9.66. The molecule has 0 bridgehead atoms. The van der Waals surface area contributed by atoms with Gasteiger partial charge in [0.2, 0.25) is 0 Å². The Hall–Kier alpha value is -1.07. The number of hydrogen-bond donors (Lipinski definition) is 1. The summed E-state index contributed by atoms with van der Waals surface area (Å²) in [5.74, 6) is 0.0880. The van der Waals surface area contributed by atoms with Crippen molar-refractivity contribution in [3.8, 4) is 0 Å². The normalized spacial score (nSPS) is 29.2. The van der Waals surface area contributed by atoms with Gasteiger partial charge in [-0.05, 0) is 52.1 Å². The zero-order valence-corrected chi connectivity index (χ0v) is 13.6. The summed E-state index contributed by atoms with van der Waals surface area (Å²) in [7, 11) is 0. The summed E-state index contributed by atoms with van der Waals surface area (Å²) in [6, 6.07) is 2.92. The summed E-state index contributed by atoms with van der Waals surface area (Å²) in [5.41, 5.74) is 0.594. The molecule has 5 nitrogen and oxygen atoms in total. The molecule has 0 aromatic carbocycles. The second-order valence-electron chi connectivity index (χ2n) is 6.17. The first-order valence-corrected chi connectivity index (χ1v) is 7.75. The van der Waals surface area contributed by atoms with Crippen molar-refractivity contribution in [1.82, 2.24) is 20.0 Å². The van der Waals surface area contributed by atoms with Crippen LogP contribution in [0.15, 0.2) is 12.3 Å². The summed E-state index contributed by atoms with van der Waals surface area (Å²) < 4.78 is 1.96. The van der Waals surface area contributed by atoms with E-state index in [1.165, 1.54) is 6.42 Å². The second kappa shape index (κ2) is 6.79. The van der Waals surface area contributed by atoms with E-state index in [2.05, 4.69) is 24.3 Å². The van der Waals surface area contributed by atoms with Crippen LogP contribution in [-0.4, -0.2) is 45.8 Å². The molecule has 1 aromatic rings. The van der Waals surface area contributed by atoms with Crippen LogP contribution in [0.5, 0.6) is 0 Å². The Kier molecular flexibility index (Phi) is 5.27. The highest BCUT2D eigenvalue weighted by Crippen LogP contribution is 2.25. The molecular formula is C15H25ClN4O. The lowest BCUT2D eigenvalue weighted by Gasteiger charge is -2.25. The molecule has 3 rings (SSSR count). The molecule has 1 amide bonds. The van der Waals surface area contributed by atoms with Crippen molar-refractivity contribution in [2.75, 3.05) is 13.1 Å². The molecule has 0 radical (unpaired) electrons. The Morgan fingerprint density at radius 2 is 2.00 bits per heavy atom. The molecule has 2 aliphatic rings. The number of nitrogens with zero attached hydrogens (tertiary/aromatic N) is 3. The topological polar surface area (TPSA) is 50.2 Å². The number of likely N-dealkylation sites (tertiary alicyclic amines) is 1. The minimum atomic E-state index is 0. The van der Waals surface area contributed by atoms with Crippen LogP contribution in [0.3, 0.4) is 0 Å². The van der Waals surface area contributed by atoms with Crippen molar-refractivity contribution in [3.05, 3.63) is 18.0 Å². The quantitative estimate of drug-likeness (QED) is 0.911. The molecule has 0 aliphatic carbocycles. The summed E-state index contributed by atoms with van der Waals surface area (Å²) >= 11 is 0. The van der Waals surface area contributed by atoms with Gasteiger partial charge in [0, 0.05) is 24.8 Å². The number of carbonyl (C=O) groups is 1. The third kappa shape index (κ3) is 3.24. The van der Waals surface area contributed by atoms with Gasteiger partial charge >= 0.3 is 0 Å². The minimum Gasteiger partial charge on any atom is -0.332 e. The fraction of sp³-hybridized carbons (Fsp3) is 0.733. The monoisotopic (exact) mass is 312 g/mol. The van der Waals surface area contributed by atoms with Crippen LogP contribution in [-0.2, 0) is 0 Å². The van der Waals surface area contributed by atoms with Gasteiger partial charge in [0.25, 0.3) is 5.91 Å². The number of amides is 1. The molecule has 3 unspecified atom stereocenters. The molecule has 2 aliphatic heterocycles. The highest BCUT2D eigenvalue weighted by atomic mass is 35.5. The van der Waals surface area contributed by atoms with Crippen LogP contribution in [0.1, 0.15) is 56.1 Å². The molecule has 2 fully saturated rings. The second-order valence-corrected chi connectivity index (χ2v) is 6.17. The van der Waals surface area contributed by atoms with Crippen molar-refractivity contribution in [3.63, 3.8) is 0 Å². The van der Waals surface area contributed by atoms with Crippen molar-refractivity contribution < 1.29 is 4.79 Å². The molecule has 1 aromatic heterocycles. The van der Waals surface area contributed by atoms with E-state index in [0.717, 1.165) is 32.4 Å². The van der Waals surface area contributed by atoms with E-state index in [-0.39, 0.29) is 18.3 Å². The van der Waals surface area contributed by atoms with Gasteiger partial charge in [-0.2, -0.15) is 5.10 Å². The first kappa shape index (κ1) is 16.3. The molecule has 6 heteroatoms. The van der Waals surface area contributed by atoms with Gasteiger partial charge in [-0.15, -0.1) is 12.4 Å². The predicted octanol–water partition coefficient (Wildman–Crippen LogP) is 2.24. The van der Waals surface area contributed by atoms with E-state index in [1.807, 2.05) is 21.8 Å². The highest BCUT2D eigenvalue weighted by molar-refractivity contribution is 5.92. The lowest BCUT2D eigenvalue weighted by atomic mass is 10.1. The van der Waals surface area contributed by atoms with Crippen LogP contribution in [0.25, 0.3) is 0 Å². The largest absolute Gasteiger partial charge is 0.332 e. The van der Waals surface area contributed by atoms with Crippen LogP contribution < -0.4 is 5.32 Å². The molecule has 0 saturated carbocycles. The Morgan fingerprint density at radius 1 is 1.29 bits per heavy atom. The number of nitrogens with one attached hydrogen (secondary N) is 1. The van der Waals surface area contributed by atoms with Gasteiger partial charge in [0.1, 0.15) is 5.69 Å². The highest BCUT2D eigenvalue weighted by Gasteiger charge is 2.33. The fourth-order valence-electron chi connectivity index (χ4n) is 3.44. The molecule has 21 heavy (non-hydrogen) atoms. The molecule has 3 atom stereocenters. The van der Waals surface area contributed by atoms with Crippen LogP contribution >= 0.6 is 12.4 Å². The lowest BCUT2D eigenvalue weighted by molar-refractivity contribution is 0.0685. The SMILES string of the molecule is CC1CCC(C)N1C(=O)c1ccn(C2CCCNC2)n1.Cl. The van der Waals surface area contributed by atoms with Crippen molar-refractivity contribution in [1.29, 1.82) is 0 Å². The summed E-state index contributed by atoms with van der Waals surface area (Å²) in [6.45, 7) is 6.30. The predicted molar refractivity (Wildman–Crippen MR) is 84.9 cm³/mol. The van der Waals surface area contributed by atoms with Crippen LogP contribution in [0, 0.1) is 0 Å². The molecule has 2 saturated heterocycles. The maximum atomic E-state index is 12.6. The standard InChI is InChI=1S/C15H24N4O.ClH/c1-11-5-6-12(2)19(11)15(20)14-7-9-18(17-14)13-4-3-8-16-10-13;/h7,9,11-13,16H,3-6,8,10H2,1-2H3;1H. The lowest BCUT2D eigenvalue weighted by Crippen LogP contribution is -2.39. The van der Waals surface area contributed by atoms with Gasteiger partial charge in [0.15, 0.2) is 0 Å².